The first-order chi connectivity index (χ1) is 14.9. The number of anilines is 3. The number of fused-ring (bicyclic) bond motifs is 1. The van der Waals surface area contributed by atoms with Crippen LogP contribution < -0.4 is 16.0 Å². The molecular formula is C23H21FN4O3. The van der Waals surface area contributed by atoms with Gasteiger partial charge in [0, 0.05) is 23.4 Å². The van der Waals surface area contributed by atoms with Crippen molar-refractivity contribution >= 4 is 29.2 Å². The molecule has 0 fully saturated rings. The number of carbonyl (C=O) groups excluding carboxylic acids is 1. The van der Waals surface area contributed by atoms with Gasteiger partial charge in [0.2, 0.25) is 0 Å². The van der Waals surface area contributed by atoms with Gasteiger partial charge in [-0.3, -0.25) is 10.1 Å². The van der Waals surface area contributed by atoms with Gasteiger partial charge in [0.15, 0.2) is 0 Å². The molecule has 31 heavy (non-hydrogen) atoms. The SMILES string of the molecule is Cc1c(F)cccc1Nc1cc(NC(=O)O)cc(C(=O)NC2Cc3ccccc3C2)n1. The molecule has 1 aliphatic carbocycles. The fraction of sp³-hybridized carbons (Fsp3) is 0.174. The molecule has 1 aliphatic rings. The molecule has 158 valence electrons. The summed E-state index contributed by atoms with van der Waals surface area (Å²) in [6.45, 7) is 1.61. The highest BCUT2D eigenvalue weighted by molar-refractivity contribution is 5.95. The number of nitrogens with zero attached hydrogens (tertiary/aromatic N) is 1. The van der Waals surface area contributed by atoms with Gasteiger partial charge in [-0.05, 0) is 49.1 Å². The number of hydrogen-bond donors (Lipinski definition) is 4. The minimum Gasteiger partial charge on any atom is -0.465 e. The van der Waals surface area contributed by atoms with Gasteiger partial charge in [-0.15, -0.1) is 0 Å². The van der Waals surface area contributed by atoms with Crippen molar-refractivity contribution in [3.05, 3.63) is 82.8 Å². The molecule has 7 nitrogen and oxygen atoms in total. The lowest BCUT2D eigenvalue weighted by Crippen LogP contribution is -2.35. The number of carbonyl (C=O) groups is 2. The van der Waals surface area contributed by atoms with Crippen LogP contribution in [0.4, 0.5) is 26.4 Å². The maximum atomic E-state index is 13.9. The average Bonchev–Trinajstić information content (AvgIpc) is 3.13. The maximum absolute atomic E-state index is 13.9. The molecule has 2 aromatic carbocycles. The monoisotopic (exact) mass is 420 g/mol. The van der Waals surface area contributed by atoms with E-state index < -0.39 is 12.0 Å². The number of rotatable bonds is 5. The Kier molecular flexibility index (Phi) is 5.53. The maximum Gasteiger partial charge on any atom is 0.409 e. The van der Waals surface area contributed by atoms with E-state index >= 15 is 0 Å². The Labute approximate surface area is 178 Å². The fourth-order valence-corrected chi connectivity index (χ4v) is 3.71. The quantitative estimate of drug-likeness (QED) is 0.494. The van der Waals surface area contributed by atoms with E-state index in [1.54, 1.807) is 19.1 Å². The Morgan fingerprint density at radius 3 is 2.45 bits per heavy atom. The molecule has 1 heterocycles. The Balaban J connectivity index is 1.57. The topological polar surface area (TPSA) is 103 Å². The Hall–Kier alpha value is -3.94. The summed E-state index contributed by atoms with van der Waals surface area (Å²) in [7, 11) is 0. The van der Waals surface area contributed by atoms with Crippen molar-refractivity contribution in [1.82, 2.24) is 10.3 Å². The molecule has 4 N–H and O–H groups in total. The van der Waals surface area contributed by atoms with Crippen molar-refractivity contribution in [3.8, 4) is 0 Å². The summed E-state index contributed by atoms with van der Waals surface area (Å²) in [5.74, 6) is -0.575. The van der Waals surface area contributed by atoms with Gasteiger partial charge in [-0.1, -0.05) is 30.3 Å². The van der Waals surface area contributed by atoms with E-state index in [0.29, 0.717) is 11.3 Å². The van der Waals surface area contributed by atoms with Crippen LogP contribution in [0.3, 0.4) is 0 Å². The third-order valence-electron chi connectivity index (χ3n) is 5.23. The normalized spacial score (nSPS) is 12.8. The molecule has 0 saturated carbocycles. The van der Waals surface area contributed by atoms with Gasteiger partial charge in [-0.25, -0.2) is 14.2 Å². The highest BCUT2D eigenvalue weighted by Gasteiger charge is 2.24. The third kappa shape index (κ3) is 4.63. The van der Waals surface area contributed by atoms with Crippen LogP contribution in [0.15, 0.2) is 54.6 Å². The van der Waals surface area contributed by atoms with Gasteiger partial charge in [0.1, 0.15) is 17.3 Å². The second-order valence-electron chi connectivity index (χ2n) is 7.44. The number of nitrogens with one attached hydrogen (secondary N) is 3. The van der Waals surface area contributed by atoms with Crippen molar-refractivity contribution in [1.29, 1.82) is 0 Å². The average molecular weight is 420 g/mol. The molecule has 2 amide bonds. The first-order valence-corrected chi connectivity index (χ1v) is 9.81. The second-order valence-corrected chi connectivity index (χ2v) is 7.44. The minimum absolute atomic E-state index is 0.0544. The second kappa shape index (κ2) is 8.43. The zero-order valence-corrected chi connectivity index (χ0v) is 16.8. The molecule has 0 bridgehead atoms. The lowest BCUT2D eigenvalue weighted by molar-refractivity contribution is 0.0933. The highest BCUT2D eigenvalue weighted by Crippen LogP contribution is 2.25. The number of carboxylic acid groups (broad SMARTS) is 1. The largest absolute Gasteiger partial charge is 0.465 e. The number of aromatic nitrogens is 1. The first kappa shape index (κ1) is 20.3. The van der Waals surface area contributed by atoms with Crippen molar-refractivity contribution in [2.45, 2.75) is 25.8 Å². The molecule has 4 rings (SSSR count). The Morgan fingerprint density at radius 2 is 1.77 bits per heavy atom. The predicted octanol–water partition coefficient (Wildman–Crippen LogP) is 4.26. The smallest absolute Gasteiger partial charge is 0.409 e. The summed E-state index contributed by atoms with van der Waals surface area (Å²) in [5, 5.41) is 17.3. The van der Waals surface area contributed by atoms with Crippen LogP contribution >= 0.6 is 0 Å². The zero-order valence-electron chi connectivity index (χ0n) is 16.8. The van der Waals surface area contributed by atoms with Crippen molar-refractivity contribution in [2.75, 3.05) is 10.6 Å². The lowest BCUT2D eigenvalue weighted by atomic mass is 10.1. The predicted molar refractivity (Wildman–Crippen MR) is 115 cm³/mol. The van der Waals surface area contributed by atoms with E-state index in [1.807, 2.05) is 24.3 Å². The van der Waals surface area contributed by atoms with E-state index in [0.717, 1.165) is 12.8 Å². The molecule has 0 unspecified atom stereocenters. The number of pyridine rings is 1. The van der Waals surface area contributed by atoms with E-state index in [-0.39, 0.29) is 29.1 Å². The Morgan fingerprint density at radius 1 is 1.06 bits per heavy atom. The van der Waals surface area contributed by atoms with Crippen LogP contribution in [0, 0.1) is 12.7 Å². The van der Waals surface area contributed by atoms with Crippen molar-refractivity contribution < 1.29 is 19.1 Å². The van der Waals surface area contributed by atoms with Gasteiger partial charge in [0.05, 0.1) is 5.69 Å². The summed E-state index contributed by atoms with van der Waals surface area (Å²) >= 11 is 0. The number of benzene rings is 2. The number of halogens is 1. The van der Waals surface area contributed by atoms with Crippen molar-refractivity contribution in [3.63, 3.8) is 0 Å². The van der Waals surface area contributed by atoms with Gasteiger partial charge in [0.25, 0.3) is 5.91 Å². The van der Waals surface area contributed by atoms with Crippen LogP contribution in [-0.4, -0.2) is 28.1 Å². The van der Waals surface area contributed by atoms with Crippen LogP contribution in [-0.2, 0) is 12.8 Å². The zero-order chi connectivity index (χ0) is 22.0. The molecule has 8 heteroatoms. The van der Waals surface area contributed by atoms with Gasteiger partial charge >= 0.3 is 6.09 Å². The van der Waals surface area contributed by atoms with E-state index in [1.165, 1.54) is 29.3 Å². The van der Waals surface area contributed by atoms with Crippen molar-refractivity contribution in [2.24, 2.45) is 0 Å². The van der Waals surface area contributed by atoms with Gasteiger partial charge in [-0.2, -0.15) is 0 Å². The number of hydrogen-bond acceptors (Lipinski definition) is 4. The molecule has 0 radical (unpaired) electrons. The van der Waals surface area contributed by atoms with Gasteiger partial charge < -0.3 is 15.7 Å². The lowest BCUT2D eigenvalue weighted by Gasteiger charge is -2.15. The van der Waals surface area contributed by atoms with E-state index in [9.17, 15) is 14.0 Å². The molecule has 3 aromatic rings. The standard InChI is InChI=1S/C23H21FN4O3/c1-13-18(24)7-4-8-19(13)27-21-12-17(26-23(30)31)11-20(28-21)22(29)25-16-9-14-5-2-3-6-15(14)10-16/h2-8,11-12,16H,9-10H2,1H3,(H,25,29)(H,30,31)(H2,26,27,28). The summed E-state index contributed by atoms with van der Waals surface area (Å²) < 4.78 is 13.9. The third-order valence-corrected chi connectivity index (χ3v) is 5.23. The van der Waals surface area contributed by atoms with Crippen LogP contribution in [0.5, 0.6) is 0 Å². The Bertz CT molecular complexity index is 1140. The molecule has 1 aromatic heterocycles. The first-order valence-electron chi connectivity index (χ1n) is 9.81. The van der Waals surface area contributed by atoms with Crippen LogP contribution in [0.1, 0.15) is 27.2 Å². The molecular weight excluding hydrogens is 399 g/mol. The summed E-state index contributed by atoms with van der Waals surface area (Å²) in [5.41, 5.74) is 3.49. The molecule has 0 saturated heterocycles. The van der Waals surface area contributed by atoms with Crippen LogP contribution in [0.25, 0.3) is 0 Å². The van der Waals surface area contributed by atoms with E-state index in [4.69, 9.17) is 5.11 Å². The summed E-state index contributed by atoms with van der Waals surface area (Å²) in [6.07, 6.45) is 0.183. The van der Waals surface area contributed by atoms with E-state index in [2.05, 4.69) is 20.9 Å². The summed E-state index contributed by atoms with van der Waals surface area (Å²) in [6, 6.07) is 15.3. The van der Waals surface area contributed by atoms with Crippen LogP contribution in [0.2, 0.25) is 0 Å². The highest BCUT2D eigenvalue weighted by atomic mass is 19.1. The fourth-order valence-electron chi connectivity index (χ4n) is 3.71. The molecule has 0 atom stereocenters. The minimum atomic E-state index is -1.27. The molecule has 0 spiro atoms. The summed E-state index contributed by atoms with van der Waals surface area (Å²) in [4.78, 5) is 28.3. The molecule has 0 aliphatic heterocycles. The number of amides is 2.